The minimum atomic E-state index is -0.395. The van der Waals surface area contributed by atoms with Gasteiger partial charge in [-0.15, -0.1) is 0 Å². The molecule has 6 nitrogen and oxygen atoms in total. The summed E-state index contributed by atoms with van der Waals surface area (Å²) in [5.74, 6) is 0.815. The van der Waals surface area contributed by atoms with E-state index in [1.165, 1.54) is 18.3 Å². The van der Waals surface area contributed by atoms with Crippen LogP contribution in [0.3, 0.4) is 0 Å². The van der Waals surface area contributed by atoms with E-state index in [1.54, 1.807) is 16.7 Å². The zero-order valence-electron chi connectivity index (χ0n) is 15.6. The van der Waals surface area contributed by atoms with E-state index < -0.39 is 5.82 Å². The second kappa shape index (κ2) is 7.31. The summed E-state index contributed by atoms with van der Waals surface area (Å²) in [6.07, 6.45) is 2.16. The molecular weight excluding hydrogens is 381 g/mol. The first-order valence-electron chi connectivity index (χ1n) is 9.09. The Morgan fingerprint density at radius 3 is 2.68 bits per heavy atom. The molecule has 1 aromatic carbocycles. The molecule has 0 atom stereocenters. The fourth-order valence-corrected chi connectivity index (χ4v) is 3.38. The Bertz CT molecular complexity index is 1230. The first-order valence-corrected chi connectivity index (χ1v) is 9.47. The fourth-order valence-electron chi connectivity index (χ4n) is 3.24. The van der Waals surface area contributed by atoms with Gasteiger partial charge in [0.25, 0.3) is 5.56 Å². The van der Waals surface area contributed by atoms with Crippen LogP contribution in [0.2, 0.25) is 5.15 Å². The van der Waals surface area contributed by atoms with E-state index in [0.717, 1.165) is 18.5 Å². The zero-order valence-corrected chi connectivity index (χ0v) is 16.3. The Labute approximate surface area is 165 Å². The van der Waals surface area contributed by atoms with Crippen molar-refractivity contribution in [2.75, 3.05) is 0 Å². The van der Waals surface area contributed by atoms with Gasteiger partial charge >= 0.3 is 0 Å². The van der Waals surface area contributed by atoms with Crippen molar-refractivity contribution in [2.45, 2.75) is 33.4 Å². The Kier molecular flexibility index (Phi) is 4.85. The number of halogens is 2. The molecule has 0 saturated carbocycles. The third-order valence-electron chi connectivity index (χ3n) is 4.70. The highest BCUT2D eigenvalue weighted by Gasteiger charge is 2.15. The smallest absolute Gasteiger partial charge is 0.269 e. The summed E-state index contributed by atoms with van der Waals surface area (Å²) in [6.45, 7) is 5.29. The van der Waals surface area contributed by atoms with Gasteiger partial charge in [0.05, 0.1) is 29.3 Å². The highest BCUT2D eigenvalue weighted by molar-refractivity contribution is 6.29. The van der Waals surface area contributed by atoms with Crippen LogP contribution in [0.25, 0.3) is 22.2 Å². The molecule has 0 aliphatic rings. The first-order chi connectivity index (χ1) is 13.4. The molecule has 0 amide bonds. The van der Waals surface area contributed by atoms with Crippen LogP contribution in [0.4, 0.5) is 4.39 Å². The number of hydrogen-bond acceptors (Lipinski definition) is 4. The average molecular weight is 400 g/mol. The number of nitrogens with zero attached hydrogens (tertiary/aromatic N) is 5. The monoisotopic (exact) mass is 399 g/mol. The Morgan fingerprint density at radius 2 is 1.89 bits per heavy atom. The van der Waals surface area contributed by atoms with Crippen LogP contribution in [-0.2, 0) is 13.1 Å². The average Bonchev–Trinajstić information content (AvgIpc) is 2.98. The minimum absolute atomic E-state index is 0.232. The molecule has 0 radical (unpaired) electrons. The lowest BCUT2D eigenvalue weighted by molar-refractivity contribution is 0.507. The topological polar surface area (TPSA) is 65.6 Å². The summed E-state index contributed by atoms with van der Waals surface area (Å²) in [5, 5.41) is 0.370. The van der Waals surface area contributed by atoms with Crippen LogP contribution >= 0.6 is 11.6 Å². The molecule has 0 fully saturated rings. The lowest BCUT2D eigenvalue weighted by Crippen LogP contribution is -2.23. The lowest BCUT2D eigenvalue weighted by atomic mass is 10.1. The molecule has 0 saturated heterocycles. The summed E-state index contributed by atoms with van der Waals surface area (Å²) in [5.41, 5.74) is 2.13. The highest BCUT2D eigenvalue weighted by Crippen LogP contribution is 2.20. The van der Waals surface area contributed by atoms with E-state index in [4.69, 9.17) is 11.6 Å². The van der Waals surface area contributed by atoms with Crippen LogP contribution in [-0.4, -0.2) is 24.1 Å². The molecule has 0 aliphatic carbocycles. The third kappa shape index (κ3) is 3.49. The van der Waals surface area contributed by atoms with Crippen molar-refractivity contribution in [3.63, 3.8) is 0 Å². The maximum absolute atomic E-state index is 13.5. The number of benzene rings is 1. The van der Waals surface area contributed by atoms with Crippen molar-refractivity contribution in [1.82, 2.24) is 24.1 Å². The second-order valence-electron chi connectivity index (χ2n) is 7.15. The lowest BCUT2D eigenvalue weighted by Gasteiger charge is -2.13. The maximum atomic E-state index is 13.5. The third-order valence-corrected chi connectivity index (χ3v) is 4.91. The van der Waals surface area contributed by atoms with Crippen molar-refractivity contribution in [2.24, 2.45) is 5.92 Å². The molecule has 4 rings (SSSR count). The van der Waals surface area contributed by atoms with Crippen molar-refractivity contribution < 1.29 is 4.39 Å². The zero-order chi connectivity index (χ0) is 19.8. The molecular formula is C20H19ClFN5O. The number of aryl methyl sites for hydroxylation is 1. The molecule has 144 valence electrons. The van der Waals surface area contributed by atoms with Crippen molar-refractivity contribution in [3.8, 4) is 0 Å². The number of hydrogen-bond donors (Lipinski definition) is 0. The van der Waals surface area contributed by atoms with Gasteiger partial charge in [-0.1, -0.05) is 25.4 Å². The molecule has 0 unspecified atom stereocenters. The van der Waals surface area contributed by atoms with Gasteiger partial charge in [-0.2, -0.15) is 0 Å². The highest BCUT2D eigenvalue weighted by atomic mass is 35.5. The number of aromatic nitrogens is 5. The summed E-state index contributed by atoms with van der Waals surface area (Å²) < 4.78 is 17.2. The van der Waals surface area contributed by atoms with Gasteiger partial charge in [0.1, 0.15) is 16.8 Å². The molecule has 0 aliphatic heterocycles. The van der Waals surface area contributed by atoms with Gasteiger partial charge in [0, 0.05) is 12.6 Å². The standard InChI is InChI=1S/C20H19ClFN5O/c1-12(2)7-8-26-16-5-6-17(21)24-20(16)25-18(26)11-27-15-4-3-13(22)9-14(15)23-10-19(27)28/h3-6,9-10,12H,7-8,11H2,1-2H3. The largest absolute Gasteiger partial charge is 0.325 e. The number of fused-ring (bicyclic) bond motifs is 2. The second-order valence-corrected chi connectivity index (χ2v) is 7.54. The first kappa shape index (κ1) is 18.6. The van der Waals surface area contributed by atoms with Gasteiger partial charge in [-0.05, 0) is 36.6 Å². The van der Waals surface area contributed by atoms with Crippen LogP contribution in [0.15, 0.2) is 41.3 Å². The van der Waals surface area contributed by atoms with Crippen LogP contribution in [0.5, 0.6) is 0 Å². The van der Waals surface area contributed by atoms with Crippen molar-refractivity contribution in [3.05, 3.63) is 63.7 Å². The van der Waals surface area contributed by atoms with E-state index in [1.807, 2.05) is 6.07 Å². The molecule has 3 aromatic heterocycles. The minimum Gasteiger partial charge on any atom is -0.325 e. The van der Waals surface area contributed by atoms with Gasteiger partial charge in [0.2, 0.25) is 0 Å². The van der Waals surface area contributed by atoms with Crippen molar-refractivity contribution in [1.29, 1.82) is 0 Å². The maximum Gasteiger partial charge on any atom is 0.269 e. The van der Waals surface area contributed by atoms with E-state index in [0.29, 0.717) is 33.6 Å². The molecule has 3 heterocycles. The predicted octanol–water partition coefficient (Wildman–Crippen LogP) is 4.03. The van der Waals surface area contributed by atoms with Gasteiger partial charge in [-0.25, -0.2) is 19.3 Å². The summed E-state index contributed by atoms with van der Waals surface area (Å²) in [7, 11) is 0. The quantitative estimate of drug-likeness (QED) is 0.475. The Morgan fingerprint density at radius 1 is 1.11 bits per heavy atom. The summed E-state index contributed by atoms with van der Waals surface area (Å²) in [4.78, 5) is 25.5. The van der Waals surface area contributed by atoms with E-state index >= 15 is 0 Å². The molecule has 0 N–H and O–H groups in total. The molecule has 0 bridgehead atoms. The van der Waals surface area contributed by atoms with E-state index in [9.17, 15) is 9.18 Å². The molecule has 8 heteroatoms. The van der Waals surface area contributed by atoms with E-state index in [-0.39, 0.29) is 12.1 Å². The summed E-state index contributed by atoms with van der Waals surface area (Å²) in [6, 6.07) is 7.83. The number of pyridine rings is 1. The van der Waals surface area contributed by atoms with Gasteiger partial charge < -0.3 is 4.57 Å². The molecule has 28 heavy (non-hydrogen) atoms. The van der Waals surface area contributed by atoms with Crippen LogP contribution in [0.1, 0.15) is 26.1 Å². The predicted molar refractivity (Wildman–Crippen MR) is 107 cm³/mol. The Hall–Kier alpha value is -2.80. The van der Waals surface area contributed by atoms with Crippen LogP contribution < -0.4 is 5.56 Å². The Balaban J connectivity index is 1.86. The SMILES string of the molecule is CC(C)CCn1c(Cn2c(=O)cnc3cc(F)ccc32)nc2nc(Cl)ccc21. The molecule has 0 spiro atoms. The van der Waals surface area contributed by atoms with Gasteiger partial charge in [-0.3, -0.25) is 9.36 Å². The van der Waals surface area contributed by atoms with E-state index in [2.05, 4.69) is 33.4 Å². The fraction of sp³-hybridized carbons (Fsp3) is 0.300. The van der Waals surface area contributed by atoms with Gasteiger partial charge in [0.15, 0.2) is 5.65 Å². The molecule has 4 aromatic rings. The normalized spacial score (nSPS) is 11.8. The number of imidazole rings is 1. The number of rotatable bonds is 5. The summed E-state index contributed by atoms with van der Waals surface area (Å²) >= 11 is 6.03. The van der Waals surface area contributed by atoms with Crippen molar-refractivity contribution >= 4 is 33.8 Å². The van der Waals surface area contributed by atoms with Crippen LogP contribution in [0, 0.1) is 11.7 Å².